The molecule has 1 rings (SSSR count). The van der Waals surface area contributed by atoms with Gasteiger partial charge < -0.3 is 10.0 Å². The number of hydrogen-bond acceptors (Lipinski definition) is 2. The molecule has 0 aliphatic carbocycles. The maximum Gasteiger partial charge on any atom is 0.326 e. The molecule has 2 atom stereocenters. The normalized spacial score (nSPS) is 27.1. The van der Waals surface area contributed by atoms with Crippen molar-refractivity contribution in [3.8, 4) is 0 Å². The van der Waals surface area contributed by atoms with E-state index in [0.29, 0.717) is 6.42 Å². The number of likely N-dealkylation sites (tertiary alicyclic amines) is 1. The molecule has 0 aromatic rings. The van der Waals surface area contributed by atoms with E-state index in [2.05, 4.69) is 6.58 Å². The van der Waals surface area contributed by atoms with Gasteiger partial charge in [-0.1, -0.05) is 6.58 Å². The van der Waals surface area contributed by atoms with Gasteiger partial charge in [0.05, 0.1) is 0 Å². The summed E-state index contributed by atoms with van der Waals surface area (Å²) in [6.07, 6.45) is 3.44. The summed E-state index contributed by atoms with van der Waals surface area (Å²) in [4.78, 5) is 23.8. The van der Waals surface area contributed by atoms with Gasteiger partial charge in [-0.05, 0) is 32.3 Å². The molecule has 1 aliphatic rings. The smallest absolute Gasteiger partial charge is 0.326 e. The lowest BCUT2D eigenvalue weighted by Gasteiger charge is -2.37. The first kappa shape index (κ1) is 10.8. The van der Waals surface area contributed by atoms with Gasteiger partial charge in [0.2, 0.25) is 5.91 Å². The monoisotopic (exact) mass is 197 g/mol. The number of aliphatic carboxylic acids is 1. The van der Waals surface area contributed by atoms with Crippen LogP contribution in [-0.2, 0) is 9.59 Å². The molecule has 0 radical (unpaired) electrons. The van der Waals surface area contributed by atoms with Gasteiger partial charge >= 0.3 is 5.97 Å². The molecule has 1 heterocycles. The van der Waals surface area contributed by atoms with Crippen LogP contribution in [0.25, 0.3) is 0 Å². The van der Waals surface area contributed by atoms with E-state index in [-0.39, 0.29) is 11.9 Å². The van der Waals surface area contributed by atoms with Gasteiger partial charge in [-0.15, -0.1) is 0 Å². The molecule has 78 valence electrons. The van der Waals surface area contributed by atoms with Crippen LogP contribution in [0.5, 0.6) is 0 Å². The molecule has 1 saturated heterocycles. The molecule has 0 saturated carbocycles. The van der Waals surface area contributed by atoms with E-state index in [1.807, 2.05) is 6.92 Å². The standard InChI is InChI=1S/C10H15NO3/c1-3-9(12)11-7(2)5-4-6-8(11)10(13)14/h3,7-8H,1,4-6H2,2H3,(H,13,14). The highest BCUT2D eigenvalue weighted by molar-refractivity contribution is 5.91. The van der Waals surface area contributed by atoms with Crippen LogP contribution in [0.15, 0.2) is 12.7 Å². The fourth-order valence-electron chi connectivity index (χ4n) is 1.91. The van der Waals surface area contributed by atoms with Gasteiger partial charge in [0, 0.05) is 6.04 Å². The van der Waals surface area contributed by atoms with E-state index in [1.54, 1.807) is 0 Å². The third kappa shape index (κ3) is 1.95. The van der Waals surface area contributed by atoms with E-state index in [1.165, 1.54) is 11.0 Å². The van der Waals surface area contributed by atoms with Gasteiger partial charge in [0.1, 0.15) is 6.04 Å². The number of rotatable bonds is 2. The quantitative estimate of drug-likeness (QED) is 0.672. The molecular weight excluding hydrogens is 182 g/mol. The molecule has 1 amide bonds. The summed E-state index contributed by atoms with van der Waals surface area (Å²) in [6.45, 7) is 5.25. The van der Waals surface area contributed by atoms with Gasteiger partial charge in [-0.2, -0.15) is 0 Å². The Morgan fingerprint density at radius 1 is 1.50 bits per heavy atom. The lowest BCUT2D eigenvalue weighted by molar-refractivity contribution is -0.152. The molecule has 1 fully saturated rings. The van der Waals surface area contributed by atoms with Crippen molar-refractivity contribution < 1.29 is 14.7 Å². The Labute approximate surface area is 83.2 Å². The van der Waals surface area contributed by atoms with Crippen LogP contribution in [0.2, 0.25) is 0 Å². The zero-order valence-corrected chi connectivity index (χ0v) is 8.27. The van der Waals surface area contributed by atoms with Crippen LogP contribution in [-0.4, -0.2) is 34.0 Å². The van der Waals surface area contributed by atoms with Crippen LogP contribution in [0.4, 0.5) is 0 Å². The van der Waals surface area contributed by atoms with Gasteiger partial charge in [-0.3, -0.25) is 4.79 Å². The minimum Gasteiger partial charge on any atom is -0.480 e. The molecule has 14 heavy (non-hydrogen) atoms. The van der Waals surface area contributed by atoms with Gasteiger partial charge in [0.15, 0.2) is 0 Å². The van der Waals surface area contributed by atoms with Crippen molar-refractivity contribution in [2.24, 2.45) is 0 Å². The van der Waals surface area contributed by atoms with Crippen LogP contribution in [0.3, 0.4) is 0 Å². The summed E-state index contributed by atoms with van der Waals surface area (Å²) in [5.74, 6) is -1.21. The average molecular weight is 197 g/mol. The lowest BCUT2D eigenvalue weighted by Crippen LogP contribution is -2.51. The minimum absolute atomic E-state index is 0.00431. The number of nitrogens with zero attached hydrogens (tertiary/aromatic N) is 1. The Kier molecular flexibility index (Phi) is 3.28. The Balaban J connectivity index is 2.86. The van der Waals surface area contributed by atoms with Crippen molar-refractivity contribution in [2.75, 3.05) is 0 Å². The number of carboxylic acids is 1. The second-order valence-electron chi connectivity index (χ2n) is 3.58. The van der Waals surface area contributed by atoms with Crippen molar-refractivity contribution in [3.05, 3.63) is 12.7 Å². The second kappa shape index (κ2) is 4.26. The third-order valence-corrected chi connectivity index (χ3v) is 2.62. The Morgan fingerprint density at radius 3 is 2.64 bits per heavy atom. The predicted octanol–water partition coefficient (Wildman–Crippen LogP) is 1.03. The number of carboxylic acid groups (broad SMARTS) is 1. The molecule has 0 aromatic heterocycles. The third-order valence-electron chi connectivity index (χ3n) is 2.62. The fraction of sp³-hybridized carbons (Fsp3) is 0.600. The van der Waals surface area contributed by atoms with Crippen molar-refractivity contribution in [1.29, 1.82) is 0 Å². The fourth-order valence-corrected chi connectivity index (χ4v) is 1.91. The summed E-state index contributed by atoms with van der Waals surface area (Å²) in [5.41, 5.74) is 0. The predicted molar refractivity (Wildman–Crippen MR) is 51.8 cm³/mol. The van der Waals surface area contributed by atoms with Crippen LogP contribution < -0.4 is 0 Å². The average Bonchev–Trinajstić information content (AvgIpc) is 2.16. The van der Waals surface area contributed by atoms with Crippen LogP contribution >= 0.6 is 0 Å². The molecule has 0 bridgehead atoms. The SMILES string of the molecule is C=CC(=O)N1C(C)CCCC1C(=O)O. The first-order chi connectivity index (χ1) is 6.57. The molecule has 1 N–H and O–H groups in total. The summed E-state index contributed by atoms with van der Waals surface area (Å²) in [5, 5.41) is 8.94. The van der Waals surface area contributed by atoms with Crippen molar-refractivity contribution in [1.82, 2.24) is 4.90 Å². The molecule has 2 unspecified atom stereocenters. The molecule has 0 spiro atoms. The molecule has 1 aliphatic heterocycles. The number of carbonyl (C=O) groups excluding carboxylic acids is 1. The number of piperidine rings is 1. The largest absolute Gasteiger partial charge is 0.480 e. The van der Waals surface area contributed by atoms with Crippen molar-refractivity contribution >= 4 is 11.9 Å². The first-order valence-corrected chi connectivity index (χ1v) is 4.75. The van der Waals surface area contributed by atoms with Gasteiger partial charge in [-0.25, -0.2) is 4.79 Å². The first-order valence-electron chi connectivity index (χ1n) is 4.75. The highest BCUT2D eigenvalue weighted by atomic mass is 16.4. The molecule has 0 aromatic carbocycles. The topological polar surface area (TPSA) is 57.6 Å². The van der Waals surface area contributed by atoms with E-state index >= 15 is 0 Å². The van der Waals surface area contributed by atoms with E-state index in [9.17, 15) is 9.59 Å². The van der Waals surface area contributed by atoms with Crippen LogP contribution in [0, 0.1) is 0 Å². The maximum absolute atomic E-state index is 11.4. The molecule has 4 heteroatoms. The summed E-state index contributed by atoms with van der Waals surface area (Å²) >= 11 is 0. The minimum atomic E-state index is -0.924. The number of hydrogen-bond donors (Lipinski definition) is 1. The molecular formula is C10H15NO3. The lowest BCUT2D eigenvalue weighted by atomic mass is 9.96. The second-order valence-corrected chi connectivity index (χ2v) is 3.58. The maximum atomic E-state index is 11.4. The Hall–Kier alpha value is -1.32. The Bertz CT molecular complexity index is 262. The summed E-state index contributed by atoms with van der Waals surface area (Å²) in [6, 6.07) is -0.681. The van der Waals surface area contributed by atoms with Gasteiger partial charge in [0.25, 0.3) is 0 Å². The number of carbonyl (C=O) groups is 2. The van der Waals surface area contributed by atoms with Crippen molar-refractivity contribution in [2.45, 2.75) is 38.3 Å². The zero-order valence-electron chi connectivity index (χ0n) is 8.27. The van der Waals surface area contributed by atoms with E-state index in [4.69, 9.17) is 5.11 Å². The Morgan fingerprint density at radius 2 is 2.14 bits per heavy atom. The number of amides is 1. The van der Waals surface area contributed by atoms with E-state index < -0.39 is 12.0 Å². The van der Waals surface area contributed by atoms with E-state index in [0.717, 1.165) is 12.8 Å². The summed E-state index contributed by atoms with van der Waals surface area (Å²) in [7, 11) is 0. The molecule has 4 nitrogen and oxygen atoms in total. The van der Waals surface area contributed by atoms with Crippen molar-refractivity contribution in [3.63, 3.8) is 0 Å². The zero-order chi connectivity index (χ0) is 10.7. The highest BCUT2D eigenvalue weighted by Gasteiger charge is 2.34. The summed E-state index contributed by atoms with van der Waals surface area (Å²) < 4.78 is 0. The van der Waals surface area contributed by atoms with Crippen LogP contribution in [0.1, 0.15) is 26.2 Å². The highest BCUT2D eigenvalue weighted by Crippen LogP contribution is 2.23.